The Morgan fingerprint density at radius 3 is 2.37 bits per heavy atom. The van der Waals surface area contributed by atoms with Crippen LogP contribution in [0.25, 0.3) is 5.69 Å². The van der Waals surface area contributed by atoms with Crippen LogP contribution in [-0.2, 0) is 4.79 Å². The second-order valence-electron chi connectivity index (χ2n) is 8.10. The second-order valence-corrected chi connectivity index (χ2v) is 8.10. The van der Waals surface area contributed by atoms with Crippen molar-refractivity contribution < 1.29 is 14.3 Å². The molecule has 35 heavy (non-hydrogen) atoms. The topological polar surface area (TPSA) is 111 Å². The van der Waals surface area contributed by atoms with E-state index in [4.69, 9.17) is 10.5 Å². The van der Waals surface area contributed by atoms with Gasteiger partial charge in [-0.05, 0) is 54.4 Å². The van der Waals surface area contributed by atoms with Crippen molar-refractivity contribution in [3.8, 4) is 17.2 Å². The molecule has 0 saturated heterocycles. The van der Waals surface area contributed by atoms with Gasteiger partial charge in [0, 0.05) is 18.1 Å². The maximum atomic E-state index is 12.9. The Labute approximate surface area is 203 Å². The number of aromatic nitrogens is 2. The van der Waals surface area contributed by atoms with Crippen LogP contribution in [-0.4, -0.2) is 21.5 Å². The lowest BCUT2D eigenvalue weighted by molar-refractivity contribution is -0.122. The fraction of sp³-hybridized carbons (Fsp3) is 0.148. The van der Waals surface area contributed by atoms with Crippen LogP contribution in [0.1, 0.15) is 36.6 Å². The Morgan fingerprint density at radius 1 is 0.943 bits per heavy atom. The third kappa shape index (κ3) is 6.48. The second kappa shape index (κ2) is 11.0. The molecule has 0 unspecified atom stereocenters. The predicted octanol–water partition coefficient (Wildman–Crippen LogP) is 4.64. The minimum absolute atomic E-state index is 0.0230. The van der Waals surface area contributed by atoms with Gasteiger partial charge in [0.05, 0.1) is 24.8 Å². The smallest absolute Gasteiger partial charge is 0.312 e. The van der Waals surface area contributed by atoms with Crippen LogP contribution < -0.4 is 21.1 Å². The number of nitrogens with two attached hydrogens (primary N) is 1. The number of hydrogen-bond donors (Lipinski definition) is 3. The van der Waals surface area contributed by atoms with Crippen LogP contribution in [0.5, 0.6) is 11.5 Å². The maximum absolute atomic E-state index is 12.9. The number of ether oxygens (including phenoxy) is 1. The van der Waals surface area contributed by atoms with Crippen molar-refractivity contribution in [1.29, 1.82) is 0 Å². The molecule has 8 heteroatoms. The molecular weight excluding hydrogens is 442 g/mol. The lowest BCUT2D eigenvalue weighted by atomic mass is 10.0. The lowest BCUT2D eigenvalue weighted by Gasteiger charge is -2.21. The van der Waals surface area contributed by atoms with E-state index in [2.05, 4.69) is 15.6 Å². The summed E-state index contributed by atoms with van der Waals surface area (Å²) < 4.78 is 7.79. The highest BCUT2D eigenvalue weighted by Crippen LogP contribution is 2.26. The first-order valence-electron chi connectivity index (χ1n) is 11.2. The van der Waals surface area contributed by atoms with Gasteiger partial charge in [0.15, 0.2) is 0 Å². The molecule has 0 aliphatic rings. The lowest BCUT2D eigenvalue weighted by Crippen LogP contribution is -2.37. The predicted molar refractivity (Wildman–Crippen MR) is 133 cm³/mol. The molecule has 178 valence electrons. The van der Waals surface area contributed by atoms with Crippen molar-refractivity contribution in [3.05, 3.63) is 109 Å². The average Bonchev–Trinajstić information content (AvgIpc) is 3.39. The van der Waals surface area contributed by atoms with Crippen LogP contribution in [0.4, 0.5) is 4.79 Å². The van der Waals surface area contributed by atoms with E-state index in [0.717, 1.165) is 11.3 Å². The number of urea groups is 1. The number of imidazole rings is 1. The van der Waals surface area contributed by atoms with Crippen LogP contribution in [0.15, 0.2) is 97.6 Å². The highest BCUT2D eigenvalue weighted by atomic mass is 16.5. The molecule has 0 bridgehead atoms. The van der Waals surface area contributed by atoms with Crippen LogP contribution >= 0.6 is 0 Å². The van der Waals surface area contributed by atoms with Crippen molar-refractivity contribution in [2.45, 2.75) is 25.4 Å². The van der Waals surface area contributed by atoms with Crippen molar-refractivity contribution in [1.82, 2.24) is 20.2 Å². The molecule has 1 heterocycles. The zero-order valence-electron chi connectivity index (χ0n) is 19.3. The zero-order valence-corrected chi connectivity index (χ0v) is 19.3. The minimum Gasteiger partial charge on any atom is -0.457 e. The summed E-state index contributed by atoms with van der Waals surface area (Å²) in [6, 6.07) is 22.9. The molecule has 4 N–H and O–H groups in total. The normalized spacial score (nSPS) is 12.4. The first-order valence-corrected chi connectivity index (χ1v) is 11.2. The van der Waals surface area contributed by atoms with Crippen molar-refractivity contribution >= 4 is 11.9 Å². The molecule has 0 aliphatic carbocycles. The number of hydrogen-bond acceptors (Lipinski definition) is 4. The van der Waals surface area contributed by atoms with Crippen molar-refractivity contribution in [3.63, 3.8) is 0 Å². The van der Waals surface area contributed by atoms with E-state index < -0.39 is 12.1 Å². The number of amides is 3. The Kier molecular flexibility index (Phi) is 7.42. The van der Waals surface area contributed by atoms with Gasteiger partial charge in [-0.15, -0.1) is 0 Å². The number of carbonyl (C=O) groups is 2. The Hall–Kier alpha value is -4.59. The van der Waals surface area contributed by atoms with Gasteiger partial charge in [-0.25, -0.2) is 9.78 Å². The molecular formula is C27H27N5O3. The Balaban J connectivity index is 1.42. The highest BCUT2D eigenvalue weighted by Gasteiger charge is 2.20. The quantitative estimate of drug-likeness (QED) is 0.331. The summed E-state index contributed by atoms with van der Waals surface area (Å²) in [5, 5.41) is 5.66. The van der Waals surface area contributed by atoms with Crippen LogP contribution in [0.2, 0.25) is 0 Å². The van der Waals surface area contributed by atoms with Gasteiger partial charge in [-0.3, -0.25) is 4.79 Å². The summed E-state index contributed by atoms with van der Waals surface area (Å²) in [4.78, 5) is 28.6. The molecule has 3 aromatic carbocycles. The van der Waals surface area contributed by atoms with Gasteiger partial charge < -0.3 is 25.7 Å². The molecule has 0 aliphatic heterocycles. The number of primary amides is 1. The van der Waals surface area contributed by atoms with Gasteiger partial charge in [0.1, 0.15) is 11.5 Å². The van der Waals surface area contributed by atoms with E-state index in [-0.39, 0.29) is 18.4 Å². The Morgan fingerprint density at radius 2 is 1.69 bits per heavy atom. The number of nitrogens with zero attached hydrogens (tertiary/aromatic N) is 2. The summed E-state index contributed by atoms with van der Waals surface area (Å²) in [5.41, 5.74) is 8.05. The molecule has 0 spiro atoms. The molecule has 1 aromatic heterocycles. The SMILES string of the molecule is C[C@@H](NC(=O)C[C@H](NC(N)=O)c1cccc(Oc2ccccc2)c1)c1ccc(-n2ccnc2)cc1. The number of benzene rings is 3. The summed E-state index contributed by atoms with van der Waals surface area (Å²) in [7, 11) is 0. The molecule has 3 amide bonds. The van der Waals surface area contributed by atoms with E-state index in [1.807, 2.05) is 90.5 Å². The van der Waals surface area contributed by atoms with Gasteiger partial charge in [0.25, 0.3) is 0 Å². The van der Waals surface area contributed by atoms with Crippen LogP contribution in [0, 0.1) is 0 Å². The van der Waals surface area contributed by atoms with E-state index in [9.17, 15) is 9.59 Å². The standard InChI is InChI=1S/C27H27N5O3/c1-19(20-10-12-22(13-11-20)32-15-14-29-18-32)30-26(33)17-25(31-27(28)34)21-6-5-9-24(16-21)35-23-7-3-2-4-8-23/h2-16,18-19,25H,17H2,1H3,(H,30,33)(H3,28,31,34)/t19-,25+/m1/s1. The van der Waals surface area contributed by atoms with Gasteiger partial charge in [-0.2, -0.15) is 0 Å². The van der Waals surface area contributed by atoms with Gasteiger partial charge in [0.2, 0.25) is 5.91 Å². The number of para-hydroxylation sites is 1. The number of nitrogens with one attached hydrogen (secondary N) is 2. The molecule has 8 nitrogen and oxygen atoms in total. The third-order valence-electron chi connectivity index (χ3n) is 5.52. The van der Waals surface area contributed by atoms with E-state index in [1.165, 1.54) is 0 Å². The van der Waals surface area contributed by atoms with Crippen molar-refractivity contribution in [2.24, 2.45) is 5.73 Å². The summed E-state index contributed by atoms with van der Waals surface area (Å²) in [5.74, 6) is 1.07. The first kappa shape index (κ1) is 23.6. The van der Waals surface area contributed by atoms with Gasteiger partial charge in [-0.1, -0.05) is 42.5 Å². The average molecular weight is 470 g/mol. The molecule has 0 saturated carbocycles. The highest BCUT2D eigenvalue weighted by molar-refractivity contribution is 5.79. The monoisotopic (exact) mass is 469 g/mol. The van der Waals surface area contributed by atoms with E-state index >= 15 is 0 Å². The largest absolute Gasteiger partial charge is 0.457 e. The molecule has 0 radical (unpaired) electrons. The Bertz CT molecular complexity index is 1260. The summed E-state index contributed by atoms with van der Waals surface area (Å²) >= 11 is 0. The maximum Gasteiger partial charge on any atom is 0.312 e. The van der Waals surface area contributed by atoms with E-state index in [0.29, 0.717) is 17.1 Å². The molecule has 0 fully saturated rings. The summed E-state index contributed by atoms with van der Waals surface area (Å²) in [6.07, 6.45) is 5.34. The summed E-state index contributed by atoms with van der Waals surface area (Å²) in [6.45, 7) is 1.91. The first-order chi connectivity index (χ1) is 17.0. The van der Waals surface area contributed by atoms with Crippen LogP contribution in [0.3, 0.4) is 0 Å². The van der Waals surface area contributed by atoms with Crippen molar-refractivity contribution in [2.75, 3.05) is 0 Å². The minimum atomic E-state index is -0.708. The molecule has 4 rings (SSSR count). The molecule has 4 aromatic rings. The molecule has 2 atom stereocenters. The van der Waals surface area contributed by atoms with E-state index in [1.54, 1.807) is 18.6 Å². The zero-order chi connectivity index (χ0) is 24.6. The van der Waals surface area contributed by atoms with Gasteiger partial charge >= 0.3 is 6.03 Å². The number of carbonyl (C=O) groups excluding carboxylic acids is 2. The fourth-order valence-corrected chi connectivity index (χ4v) is 3.76. The number of rotatable bonds is 9. The third-order valence-corrected chi connectivity index (χ3v) is 5.52. The fourth-order valence-electron chi connectivity index (χ4n) is 3.76.